The number of hydrogen-bond donors (Lipinski definition) is 1. The van der Waals surface area contributed by atoms with Gasteiger partial charge in [-0.2, -0.15) is 0 Å². The Bertz CT molecular complexity index is 296. The van der Waals surface area contributed by atoms with Crippen LogP contribution in [0.5, 0.6) is 0 Å². The van der Waals surface area contributed by atoms with Crippen molar-refractivity contribution in [3.8, 4) is 0 Å². The summed E-state index contributed by atoms with van der Waals surface area (Å²) in [6, 6.07) is 7.98. The summed E-state index contributed by atoms with van der Waals surface area (Å²) in [5.74, 6) is -2.24. The standard InChI is InChI=1S/C13H19F2N/c1-11(2)10-16-9-8-13(14,15)12-6-4-3-5-7-12/h3-7,11,16H,8-10H2,1-2H3. The van der Waals surface area contributed by atoms with Crippen molar-refractivity contribution in [3.63, 3.8) is 0 Å². The van der Waals surface area contributed by atoms with Crippen LogP contribution in [0.1, 0.15) is 25.8 Å². The van der Waals surface area contributed by atoms with E-state index in [0.717, 1.165) is 6.54 Å². The number of halogens is 2. The van der Waals surface area contributed by atoms with E-state index in [1.165, 1.54) is 12.1 Å². The third-order valence-electron chi connectivity index (χ3n) is 2.36. The second-order valence-electron chi connectivity index (χ2n) is 4.42. The second-order valence-corrected chi connectivity index (χ2v) is 4.42. The maximum atomic E-state index is 13.6. The van der Waals surface area contributed by atoms with Gasteiger partial charge in [-0.05, 0) is 12.5 Å². The highest BCUT2D eigenvalue weighted by Gasteiger charge is 2.30. The quantitative estimate of drug-likeness (QED) is 0.734. The lowest BCUT2D eigenvalue weighted by atomic mass is 10.1. The van der Waals surface area contributed by atoms with E-state index in [0.29, 0.717) is 12.5 Å². The lowest BCUT2D eigenvalue weighted by Gasteiger charge is -2.17. The van der Waals surface area contributed by atoms with Gasteiger partial charge in [-0.3, -0.25) is 0 Å². The second kappa shape index (κ2) is 5.94. The summed E-state index contributed by atoms with van der Waals surface area (Å²) in [4.78, 5) is 0. The van der Waals surface area contributed by atoms with Gasteiger partial charge >= 0.3 is 0 Å². The minimum Gasteiger partial charge on any atom is -0.316 e. The van der Waals surface area contributed by atoms with Crippen LogP contribution in [0.2, 0.25) is 0 Å². The molecule has 1 aromatic carbocycles. The summed E-state index contributed by atoms with van der Waals surface area (Å²) < 4.78 is 27.3. The van der Waals surface area contributed by atoms with Crippen LogP contribution in [0, 0.1) is 5.92 Å². The van der Waals surface area contributed by atoms with Crippen molar-refractivity contribution in [2.75, 3.05) is 13.1 Å². The summed E-state index contributed by atoms with van der Waals surface area (Å²) in [5.41, 5.74) is 0.0985. The average molecular weight is 227 g/mol. The summed E-state index contributed by atoms with van der Waals surface area (Å²) in [5, 5.41) is 3.03. The van der Waals surface area contributed by atoms with Gasteiger partial charge in [-0.1, -0.05) is 44.2 Å². The van der Waals surface area contributed by atoms with E-state index < -0.39 is 5.92 Å². The van der Waals surface area contributed by atoms with Crippen molar-refractivity contribution in [1.29, 1.82) is 0 Å². The molecule has 0 amide bonds. The number of nitrogens with one attached hydrogen (secondary N) is 1. The number of alkyl halides is 2. The Morgan fingerprint density at radius 2 is 1.81 bits per heavy atom. The van der Waals surface area contributed by atoms with E-state index in [2.05, 4.69) is 19.2 Å². The fourth-order valence-corrected chi connectivity index (χ4v) is 1.46. The van der Waals surface area contributed by atoms with Crippen molar-refractivity contribution in [3.05, 3.63) is 35.9 Å². The van der Waals surface area contributed by atoms with Crippen molar-refractivity contribution in [2.45, 2.75) is 26.2 Å². The zero-order chi connectivity index (χ0) is 12.0. The molecule has 3 heteroatoms. The molecule has 0 bridgehead atoms. The first-order chi connectivity index (χ1) is 7.52. The van der Waals surface area contributed by atoms with Gasteiger partial charge in [0.15, 0.2) is 0 Å². The van der Waals surface area contributed by atoms with Crippen molar-refractivity contribution >= 4 is 0 Å². The monoisotopic (exact) mass is 227 g/mol. The van der Waals surface area contributed by atoms with Crippen LogP contribution in [0.15, 0.2) is 30.3 Å². The first kappa shape index (κ1) is 13.1. The highest BCUT2D eigenvalue weighted by Crippen LogP contribution is 2.30. The molecular weight excluding hydrogens is 208 g/mol. The van der Waals surface area contributed by atoms with E-state index in [4.69, 9.17) is 0 Å². The maximum Gasteiger partial charge on any atom is 0.274 e. The molecule has 0 radical (unpaired) electrons. The minimum absolute atomic E-state index is 0.0985. The van der Waals surface area contributed by atoms with Gasteiger partial charge in [-0.15, -0.1) is 0 Å². The molecular formula is C13H19F2N. The van der Waals surface area contributed by atoms with Gasteiger partial charge < -0.3 is 5.32 Å². The van der Waals surface area contributed by atoms with E-state index in [-0.39, 0.29) is 12.0 Å². The highest BCUT2D eigenvalue weighted by molar-refractivity contribution is 5.19. The third-order valence-corrected chi connectivity index (χ3v) is 2.36. The molecule has 1 N–H and O–H groups in total. The van der Waals surface area contributed by atoms with Crippen molar-refractivity contribution < 1.29 is 8.78 Å². The maximum absolute atomic E-state index is 13.6. The van der Waals surface area contributed by atoms with Gasteiger partial charge in [0.25, 0.3) is 5.92 Å². The molecule has 90 valence electrons. The molecule has 0 fully saturated rings. The van der Waals surface area contributed by atoms with Crippen LogP contribution in [0.25, 0.3) is 0 Å². The number of rotatable bonds is 6. The lowest BCUT2D eigenvalue weighted by molar-refractivity contribution is -0.0128. The van der Waals surface area contributed by atoms with Gasteiger partial charge in [0.1, 0.15) is 0 Å². The lowest BCUT2D eigenvalue weighted by Crippen LogP contribution is -2.26. The summed E-state index contributed by atoms with van der Waals surface area (Å²) in [6.45, 7) is 5.25. The predicted molar refractivity (Wildman–Crippen MR) is 62.7 cm³/mol. The summed E-state index contributed by atoms with van der Waals surface area (Å²) in [7, 11) is 0. The fraction of sp³-hybridized carbons (Fsp3) is 0.538. The van der Waals surface area contributed by atoms with Crippen LogP contribution in [-0.4, -0.2) is 13.1 Å². The van der Waals surface area contributed by atoms with E-state index >= 15 is 0 Å². The Hall–Kier alpha value is -0.960. The first-order valence-corrected chi connectivity index (χ1v) is 5.66. The molecule has 0 unspecified atom stereocenters. The predicted octanol–water partition coefficient (Wildman–Crippen LogP) is 3.41. The molecule has 0 saturated carbocycles. The van der Waals surface area contributed by atoms with E-state index in [1.807, 2.05) is 0 Å². The van der Waals surface area contributed by atoms with Gasteiger partial charge in [0.05, 0.1) is 0 Å². The van der Waals surface area contributed by atoms with Crippen molar-refractivity contribution in [2.24, 2.45) is 5.92 Å². The molecule has 0 spiro atoms. The molecule has 0 aliphatic heterocycles. The van der Waals surface area contributed by atoms with Crippen LogP contribution >= 0.6 is 0 Å². The summed E-state index contributed by atoms with van der Waals surface area (Å²) >= 11 is 0. The molecule has 1 nitrogen and oxygen atoms in total. The number of hydrogen-bond acceptors (Lipinski definition) is 1. The summed E-state index contributed by atoms with van der Waals surface area (Å²) in [6.07, 6.45) is -0.149. The smallest absolute Gasteiger partial charge is 0.274 e. The highest BCUT2D eigenvalue weighted by atomic mass is 19.3. The Labute approximate surface area is 95.9 Å². The molecule has 0 heterocycles. The molecule has 1 aromatic rings. The molecule has 0 aromatic heterocycles. The number of benzene rings is 1. The molecule has 16 heavy (non-hydrogen) atoms. The Morgan fingerprint density at radius 3 is 2.38 bits per heavy atom. The average Bonchev–Trinajstić information content (AvgIpc) is 2.26. The van der Waals surface area contributed by atoms with E-state index in [9.17, 15) is 8.78 Å². The van der Waals surface area contributed by atoms with E-state index in [1.54, 1.807) is 18.2 Å². The first-order valence-electron chi connectivity index (χ1n) is 5.66. The largest absolute Gasteiger partial charge is 0.316 e. The van der Waals surface area contributed by atoms with Crippen molar-refractivity contribution in [1.82, 2.24) is 5.32 Å². The van der Waals surface area contributed by atoms with Crippen LogP contribution in [-0.2, 0) is 5.92 Å². The van der Waals surface area contributed by atoms with Gasteiger partial charge in [0, 0.05) is 18.5 Å². The van der Waals surface area contributed by atoms with Gasteiger partial charge in [-0.25, -0.2) is 8.78 Å². The third kappa shape index (κ3) is 4.27. The molecule has 0 aliphatic rings. The normalized spacial score (nSPS) is 12.1. The SMILES string of the molecule is CC(C)CNCCC(F)(F)c1ccccc1. The molecule has 1 rings (SSSR count). The Morgan fingerprint density at radius 1 is 1.19 bits per heavy atom. The fourth-order valence-electron chi connectivity index (χ4n) is 1.46. The minimum atomic E-state index is -2.73. The Kier molecular flexibility index (Phi) is 4.87. The molecule has 0 saturated heterocycles. The van der Waals surface area contributed by atoms with Gasteiger partial charge in [0.2, 0.25) is 0 Å². The molecule has 0 aliphatic carbocycles. The molecule has 0 atom stereocenters. The van der Waals surface area contributed by atoms with Crippen LogP contribution in [0.3, 0.4) is 0 Å². The zero-order valence-corrected chi connectivity index (χ0v) is 9.84. The zero-order valence-electron chi connectivity index (χ0n) is 9.84. The van der Waals surface area contributed by atoms with Crippen LogP contribution in [0.4, 0.5) is 8.78 Å². The topological polar surface area (TPSA) is 12.0 Å². The Balaban J connectivity index is 2.40. The van der Waals surface area contributed by atoms with Crippen LogP contribution < -0.4 is 5.32 Å².